The van der Waals surface area contributed by atoms with E-state index in [2.05, 4.69) is 0 Å². The summed E-state index contributed by atoms with van der Waals surface area (Å²) >= 11 is 1.81. The van der Waals surface area contributed by atoms with E-state index in [0.717, 1.165) is 17.1 Å². The molecule has 1 saturated heterocycles. The van der Waals surface area contributed by atoms with E-state index in [9.17, 15) is 9.59 Å². The third kappa shape index (κ3) is 4.67. The van der Waals surface area contributed by atoms with Crippen molar-refractivity contribution in [2.75, 3.05) is 31.7 Å². The van der Waals surface area contributed by atoms with E-state index in [1.165, 1.54) is 7.11 Å². The molecule has 1 atom stereocenters. The Labute approximate surface area is 128 Å². The maximum Gasteiger partial charge on any atom is 0.410 e. The summed E-state index contributed by atoms with van der Waals surface area (Å²) in [6, 6.07) is 9.44. The summed E-state index contributed by atoms with van der Waals surface area (Å²) in [7, 11) is 1.30. The van der Waals surface area contributed by atoms with Gasteiger partial charge < -0.3 is 14.4 Å². The Bertz CT molecular complexity index is 474. The van der Waals surface area contributed by atoms with Gasteiger partial charge in [0.1, 0.15) is 0 Å². The Balaban J connectivity index is 1.99. The molecule has 0 aromatic heterocycles. The molecule has 1 aliphatic rings. The van der Waals surface area contributed by atoms with Crippen LogP contribution in [0.25, 0.3) is 0 Å². The van der Waals surface area contributed by atoms with Crippen molar-refractivity contribution in [2.45, 2.75) is 12.5 Å². The number of rotatable bonds is 4. The molecule has 1 unspecified atom stereocenters. The van der Waals surface area contributed by atoms with Gasteiger partial charge in [0.05, 0.1) is 7.11 Å². The average molecular weight is 309 g/mol. The third-order valence-electron chi connectivity index (χ3n) is 3.24. The topological polar surface area (TPSA) is 55.8 Å². The van der Waals surface area contributed by atoms with Gasteiger partial charge in [-0.25, -0.2) is 9.59 Å². The van der Waals surface area contributed by atoms with Crippen molar-refractivity contribution in [3.63, 3.8) is 0 Å². The van der Waals surface area contributed by atoms with Crippen LogP contribution in [0.2, 0.25) is 0 Å². The van der Waals surface area contributed by atoms with E-state index in [0.29, 0.717) is 19.5 Å². The van der Waals surface area contributed by atoms with Crippen LogP contribution in [0.3, 0.4) is 0 Å². The first kappa shape index (κ1) is 15.7. The highest BCUT2D eigenvalue weighted by atomic mass is 32.2. The molecule has 6 heteroatoms. The van der Waals surface area contributed by atoms with Crippen molar-refractivity contribution >= 4 is 23.8 Å². The van der Waals surface area contributed by atoms with Crippen LogP contribution in [0, 0.1) is 0 Å². The summed E-state index contributed by atoms with van der Waals surface area (Å²) < 4.78 is 10.1. The normalized spacial score (nSPS) is 16.1. The summed E-state index contributed by atoms with van der Waals surface area (Å²) in [6.07, 6.45) is -1.02. The molecular weight excluding hydrogens is 290 g/mol. The summed E-state index contributed by atoms with van der Waals surface area (Å²) in [5, 5.41) is 0. The Morgan fingerprint density at radius 2 is 1.90 bits per heavy atom. The van der Waals surface area contributed by atoms with Gasteiger partial charge in [0, 0.05) is 31.0 Å². The van der Waals surface area contributed by atoms with Crippen molar-refractivity contribution in [3.8, 4) is 0 Å². The number of carbonyl (C=O) groups excluding carboxylic acids is 2. The first-order valence-corrected chi connectivity index (χ1v) is 8.01. The fraction of sp³-hybridized carbons (Fsp3) is 0.467. The number of hydrogen-bond acceptors (Lipinski definition) is 5. The summed E-state index contributed by atoms with van der Waals surface area (Å²) in [5.74, 6) is 1.27. The van der Waals surface area contributed by atoms with Gasteiger partial charge in [-0.05, 0) is 5.56 Å². The monoisotopic (exact) mass is 309 g/mol. The molecule has 1 aliphatic heterocycles. The second kappa shape index (κ2) is 7.93. The number of methoxy groups -OCH3 is 1. The fourth-order valence-electron chi connectivity index (χ4n) is 2.07. The van der Waals surface area contributed by atoms with Gasteiger partial charge in [0.25, 0.3) is 0 Å². The van der Waals surface area contributed by atoms with Gasteiger partial charge in [-0.3, -0.25) is 0 Å². The Kier molecular flexibility index (Phi) is 5.92. The van der Waals surface area contributed by atoms with Crippen LogP contribution in [0.1, 0.15) is 5.56 Å². The smallest absolute Gasteiger partial charge is 0.410 e. The highest BCUT2D eigenvalue weighted by Gasteiger charge is 2.27. The molecule has 1 fully saturated rings. The molecule has 0 N–H and O–H groups in total. The highest BCUT2D eigenvalue weighted by Crippen LogP contribution is 2.13. The van der Waals surface area contributed by atoms with Crippen LogP contribution < -0.4 is 0 Å². The van der Waals surface area contributed by atoms with E-state index in [1.54, 1.807) is 4.90 Å². The zero-order valence-electron chi connectivity index (χ0n) is 12.0. The largest absolute Gasteiger partial charge is 0.466 e. The number of amides is 1. The van der Waals surface area contributed by atoms with Gasteiger partial charge in [0.15, 0.2) is 0 Å². The Morgan fingerprint density at radius 1 is 1.24 bits per heavy atom. The van der Waals surface area contributed by atoms with Crippen molar-refractivity contribution in [1.29, 1.82) is 0 Å². The maximum atomic E-state index is 12.1. The molecule has 1 aromatic rings. The van der Waals surface area contributed by atoms with Crippen LogP contribution in [0.15, 0.2) is 30.3 Å². The second-order valence-corrected chi connectivity index (χ2v) is 5.91. The van der Waals surface area contributed by atoms with Crippen LogP contribution in [0.5, 0.6) is 0 Å². The molecule has 1 aromatic carbocycles. The minimum Gasteiger partial charge on any atom is -0.466 e. The maximum absolute atomic E-state index is 12.1. The number of carbonyl (C=O) groups is 2. The second-order valence-electron chi connectivity index (χ2n) is 4.68. The number of thioether (sulfide) groups is 1. The lowest BCUT2D eigenvalue weighted by Crippen LogP contribution is -2.42. The predicted octanol–water partition coefficient (Wildman–Crippen LogP) is 1.96. The van der Waals surface area contributed by atoms with E-state index in [-0.39, 0.29) is 0 Å². The molecule has 0 aliphatic carbocycles. The van der Waals surface area contributed by atoms with Crippen LogP contribution in [0.4, 0.5) is 4.79 Å². The number of ether oxygens (including phenoxy) is 2. The molecule has 114 valence electrons. The molecule has 0 spiro atoms. The Morgan fingerprint density at radius 3 is 2.52 bits per heavy atom. The summed E-state index contributed by atoms with van der Waals surface area (Å²) in [4.78, 5) is 25.6. The molecular formula is C15H19NO4S. The third-order valence-corrected chi connectivity index (χ3v) is 4.18. The number of esters is 1. The summed E-state index contributed by atoms with van der Waals surface area (Å²) in [6.45, 7) is 1.31. The molecule has 21 heavy (non-hydrogen) atoms. The van der Waals surface area contributed by atoms with Crippen LogP contribution in [-0.4, -0.2) is 54.8 Å². The van der Waals surface area contributed by atoms with Crippen LogP contribution >= 0.6 is 11.8 Å². The molecule has 0 saturated carbocycles. The van der Waals surface area contributed by atoms with Crippen molar-refractivity contribution in [1.82, 2.24) is 4.90 Å². The molecule has 2 rings (SSSR count). The molecule has 5 nitrogen and oxygen atoms in total. The number of nitrogens with zero attached hydrogens (tertiary/aromatic N) is 1. The minimum absolute atomic E-state index is 0.321. The fourth-order valence-corrected chi connectivity index (χ4v) is 2.98. The SMILES string of the molecule is COC(=O)C(Cc1ccccc1)OC(=O)N1CCSCC1. The van der Waals surface area contributed by atoms with Gasteiger partial charge in [-0.2, -0.15) is 11.8 Å². The van der Waals surface area contributed by atoms with E-state index < -0.39 is 18.2 Å². The standard InChI is InChI=1S/C15H19NO4S/c1-19-14(17)13(11-12-5-3-2-4-6-12)20-15(18)16-7-9-21-10-8-16/h2-6,13H,7-11H2,1H3. The van der Waals surface area contributed by atoms with Crippen molar-refractivity contribution < 1.29 is 19.1 Å². The van der Waals surface area contributed by atoms with Gasteiger partial charge in [-0.15, -0.1) is 0 Å². The Hall–Kier alpha value is -1.69. The van der Waals surface area contributed by atoms with E-state index in [4.69, 9.17) is 9.47 Å². The first-order chi connectivity index (χ1) is 10.2. The van der Waals surface area contributed by atoms with Gasteiger partial charge >= 0.3 is 12.1 Å². The lowest BCUT2D eigenvalue weighted by molar-refractivity contribution is -0.151. The number of benzene rings is 1. The zero-order valence-corrected chi connectivity index (χ0v) is 12.8. The molecule has 1 heterocycles. The predicted molar refractivity (Wildman–Crippen MR) is 81.3 cm³/mol. The average Bonchev–Trinajstić information content (AvgIpc) is 2.55. The van der Waals surface area contributed by atoms with Crippen molar-refractivity contribution in [3.05, 3.63) is 35.9 Å². The highest BCUT2D eigenvalue weighted by molar-refractivity contribution is 7.99. The van der Waals surface area contributed by atoms with Gasteiger partial charge in [0.2, 0.25) is 6.10 Å². The lowest BCUT2D eigenvalue weighted by atomic mass is 10.1. The first-order valence-electron chi connectivity index (χ1n) is 6.86. The molecule has 1 amide bonds. The van der Waals surface area contributed by atoms with Crippen molar-refractivity contribution in [2.24, 2.45) is 0 Å². The van der Waals surface area contributed by atoms with E-state index >= 15 is 0 Å². The molecule has 0 bridgehead atoms. The van der Waals surface area contributed by atoms with Crippen LogP contribution in [-0.2, 0) is 20.7 Å². The number of hydrogen-bond donors (Lipinski definition) is 0. The minimum atomic E-state index is -0.903. The summed E-state index contributed by atoms with van der Waals surface area (Å²) in [5.41, 5.74) is 0.926. The quantitative estimate of drug-likeness (QED) is 0.796. The lowest BCUT2D eigenvalue weighted by Gasteiger charge is -2.27. The zero-order chi connectivity index (χ0) is 15.1. The van der Waals surface area contributed by atoms with E-state index in [1.807, 2.05) is 42.1 Å². The molecule has 0 radical (unpaired) electrons. The van der Waals surface area contributed by atoms with Gasteiger partial charge in [-0.1, -0.05) is 30.3 Å².